The van der Waals surface area contributed by atoms with Crippen molar-refractivity contribution in [2.24, 2.45) is 0 Å². The number of allylic oxidation sites excluding steroid dienone is 1. The molecule has 0 saturated heterocycles. The second kappa shape index (κ2) is 8.15. The number of nitrogens with zero attached hydrogens (tertiary/aromatic N) is 3. The first-order chi connectivity index (χ1) is 12.3. The van der Waals surface area contributed by atoms with E-state index in [4.69, 9.17) is 9.47 Å². The minimum absolute atomic E-state index is 0.341. The van der Waals surface area contributed by atoms with Gasteiger partial charge in [0.05, 0.1) is 19.9 Å². The maximum atomic E-state index is 5.85. The maximum Gasteiger partial charge on any atom is 0.161 e. The van der Waals surface area contributed by atoms with E-state index in [1.54, 1.807) is 11.8 Å². The average molecular weight is 335 g/mol. The predicted molar refractivity (Wildman–Crippen MR) is 97.6 cm³/mol. The molecule has 3 aromatic rings. The fraction of sp³-hybridized carbons (Fsp3) is 0.200. The van der Waals surface area contributed by atoms with Gasteiger partial charge < -0.3 is 9.47 Å². The molecule has 0 radical (unpaired) electrons. The normalized spacial score (nSPS) is 11.0. The van der Waals surface area contributed by atoms with Crippen molar-refractivity contribution < 1.29 is 9.47 Å². The zero-order valence-corrected chi connectivity index (χ0v) is 14.4. The van der Waals surface area contributed by atoms with Crippen LogP contribution in [-0.4, -0.2) is 22.1 Å². The van der Waals surface area contributed by atoms with Gasteiger partial charge in [0.15, 0.2) is 11.5 Å². The van der Waals surface area contributed by atoms with E-state index < -0.39 is 0 Å². The summed E-state index contributed by atoms with van der Waals surface area (Å²) in [5.74, 6) is 1.39. The number of rotatable bonds is 7. The van der Waals surface area contributed by atoms with Crippen LogP contribution in [0.4, 0.5) is 0 Å². The number of methoxy groups -OCH3 is 1. The monoisotopic (exact) mass is 335 g/mol. The Morgan fingerprint density at radius 3 is 2.68 bits per heavy atom. The van der Waals surface area contributed by atoms with E-state index in [0.29, 0.717) is 24.7 Å². The lowest BCUT2D eigenvalue weighted by Gasteiger charge is -2.10. The highest BCUT2D eigenvalue weighted by atomic mass is 16.5. The van der Waals surface area contributed by atoms with Gasteiger partial charge in [0.25, 0.3) is 0 Å². The van der Waals surface area contributed by atoms with Gasteiger partial charge in [0.1, 0.15) is 12.3 Å². The van der Waals surface area contributed by atoms with Crippen LogP contribution in [0.2, 0.25) is 0 Å². The second-order valence-electron chi connectivity index (χ2n) is 5.59. The summed E-state index contributed by atoms with van der Waals surface area (Å²) in [5.41, 5.74) is 3.03. The topological polar surface area (TPSA) is 49.2 Å². The number of ether oxygens (including phenoxy) is 2. The number of hydrogen-bond acceptors (Lipinski definition) is 4. The first-order valence-corrected chi connectivity index (χ1v) is 8.15. The third-order valence-corrected chi connectivity index (χ3v) is 3.70. The molecule has 1 heterocycles. The maximum absolute atomic E-state index is 5.85. The lowest BCUT2D eigenvalue weighted by Crippen LogP contribution is -2.00. The minimum atomic E-state index is 0.341. The lowest BCUT2D eigenvalue weighted by atomic mass is 10.2. The summed E-state index contributed by atoms with van der Waals surface area (Å²) < 4.78 is 13.1. The third-order valence-electron chi connectivity index (χ3n) is 3.70. The van der Waals surface area contributed by atoms with Crippen LogP contribution in [0, 0.1) is 0 Å². The molecule has 5 nitrogen and oxygen atoms in total. The SMILES string of the molecule is C/C=C/c1ccc(OCc2cn(Cc3ccccc3)nn2)c(OC)c1. The molecule has 3 rings (SSSR count). The molecule has 0 bridgehead atoms. The first-order valence-electron chi connectivity index (χ1n) is 8.15. The van der Waals surface area contributed by atoms with E-state index in [-0.39, 0.29) is 0 Å². The Morgan fingerprint density at radius 1 is 1.08 bits per heavy atom. The van der Waals surface area contributed by atoms with E-state index in [0.717, 1.165) is 11.3 Å². The van der Waals surface area contributed by atoms with E-state index in [9.17, 15) is 0 Å². The summed E-state index contributed by atoms with van der Waals surface area (Å²) in [7, 11) is 1.64. The first kappa shape index (κ1) is 16.8. The van der Waals surface area contributed by atoms with Crippen molar-refractivity contribution in [3.8, 4) is 11.5 Å². The van der Waals surface area contributed by atoms with Gasteiger partial charge in [-0.1, -0.05) is 53.8 Å². The highest BCUT2D eigenvalue weighted by Gasteiger charge is 2.07. The van der Waals surface area contributed by atoms with Gasteiger partial charge in [-0.3, -0.25) is 0 Å². The lowest BCUT2D eigenvalue weighted by molar-refractivity contribution is 0.280. The number of benzene rings is 2. The van der Waals surface area contributed by atoms with Crippen LogP contribution < -0.4 is 9.47 Å². The van der Waals surface area contributed by atoms with Crippen molar-refractivity contribution in [2.45, 2.75) is 20.1 Å². The van der Waals surface area contributed by atoms with Crippen molar-refractivity contribution in [2.75, 3.05) is 7.11 Å². The third kappa shape index (κ3) is 4.47. The van der Waals surface area contributed by atoms with E-state index in [1.165, 1.54) is 5.56 Å². The molecule has 0 atom stereocenters. The summed E-state index contributed by atoms with van der Waals surface area (Å²) >= 11 is 0. The van der Waals surface area contributed by atoms with Crippen molar-refractivity contribution in [3.63, 3.8) is 0 Å². The molecule has 1 aromatic heterocycles. The van der Waals surface area contributed by atoms with Crippen molar-refractivity contribution in [1.82, 2.24) is 15.0 Å². The highest BCUT2D eigenvalue weighted by Crippen LogP contribution is 2.29. The Hall–Kier alpha value is -3.08. The largest absolute Gasteiger partial charge is 0.493 e. The van der Waals surface area contributed by atoms with Crippen LogP contribution in [0.1, 0.15) is 23.7 Å². The molecule has 0 aliphatic carbocycles. The summed E-state index contributed by atoms with van der Waals surface area (Å²) in [6.45, 7) is 3.01. The van der Waals surface area contributed by atoms with Crippen molar-refractivity contribution in [1.29, 1.82) is 0 Å². The van der Waals surface area contributed by atoms with E-state index >= 15 is 0 Å². The molecule has 0 aliphatic rings. The zero-order valence-electron chi connectivity index (χ0n) is 14.4. The molecule has 0 unspecified atom stereocenters. The molecule has 2 aromatic carbocycles. The molecule has 5 heteroatoms. The molecule has 25 heavy (non-hydrogen) atoms. The summed E-state index contributed by atoms with van der Waals surface area (Å²) in [6.07, 6.45) is 5.90. The Bertz CT molecular complexity index is 841. The minimum Gasteiger partial charge on any atom is -0.493 e. The summed E-state index contributed by atoms with van der Waals surface area (Å²) in [5, 5.41) is 8.32. The van der Waals surface area contributed by atoms with Crippen molar-refractivity contribution in [3.05, 3.63) is 77.6 Å². The Kier molecular flexibility index (Phi) is 5.46. The number of hydrogen-bond donors (Lipinski definition) is 0. The average Bonchev–Trinajstić information content (AvgIpc) is 3.09. The van der Waals surface area contributed by atoms with Gasteiger partial charge in [-0.05, 0) is 30.2 Å². The van der Waals surface area contributed by atoms with Gasteiger partial charge in [0.2, 0.25) is 0 Å². The van der Waals surface area contributed by atoms with E-state index in [1.807, 2.05) is 61.7 Å². The van der Waals surface area contributed by atoms with Gasteiger partial charge in [-0.2, -0.15) is 0 Å². The zero-order chi connectivity index (χ0) is 17.5. The molecule has 0 aliphatic heterocycles. The molecular formula is C20H21N3O2. The molecule has 0 saturated carbocycles. The predicted octanol–water partition coefficient (Wildman–Crippen LogP) is 3.95. The molecule has 0 fully saturated rings. The molecular weight excluding hydrogens is 314 g/mol. The summed E-state index contributed by atoms with van der Waals surface area (Å²) in [6, 6.07) is 16.0. The molecule has 0 amide bonds. The highest BCUT2D eigenvalue weighted by molar-refractivity contribution is 5.55. The van der Waals surface area contributed by atoms with Gasteiger partial charge in [0, 0.05) is 0 Å². The fourth-order valence-corrected chi connectivity index (χ4v) is 2.50. The van der Waals surface area contributed by atoms with Crippen LogP contribution in [0.25, 0.3) is 6.08 Å². The van der Waals surface area contributed by atoms with E-state index in [2.05, 4.69) is 22.4 Å². The second-order valence-corrected chi connectivity index (χ2v) is 5.59. The smallest absolute Gasteiger partial charge is 0.161 e. The van der Waals surface area contributed by atoms with Gasteiger partial charge >= 0.3 is 0 Å². The van der Waals surface area contributed by atoms with Crippen LogP contribution in [-0.2, 0) is 13.2 Å². The standard InChI is InChI=1S/C20H21N3O2/c1-3-7-16-10-11-19(20(12-16)24-2)25-15-18-14-23(22-21-18)13-17-8-5-4-6-9-17/h3-12,14H,13,15H2,1-2H3/b7-3+. The van der Waals surface area contributed by atoms with Crippen LogP contribution in [0.3, 0.4) is 0 Å². The molecule has 128 valence electrons. The van der Waals surface area contributed by atoms with Gasteiger partial charge in [-0.25, -0.2) is 4.68 Å². The quantitative estimate of drug-likeness (QED) is 0.656. The Morgan fingerprint density at radius 2 is 1.92 bits per heavy atom. The Balaban J connectivity index is 1.64. The van der Waals surface area contributed by atoms with Gasteiger partial charge in [-0.15, -0.1) is 5.10 Å². The van der Waals surface area contributed by atoms with Crippen molar-refractivity contribution >= 4 is 6.08 Å². The molecule has 0 spiro atoms. The van der Waals surface area contributed by atoms with Crippen LogP contribution in [0.15, 0.2) is 60.8 Å². The fourth-order valence-electron chi connectivity index (χ4n) is 2.50. The Labute approximate surface area is 147 Å². The van der Waals surface area contributed by atoms with Crippen LogP contribution in [0.5, 0.6) is 11.5 Å². The van der Waals surface area contributed by atoms with Crippen LogP contribution >= 0.6 is 0 Å². The molecule has 0 N–H and O–H groups in total. The summed E-state index contributed by atoms with van der Waals surface area (Å²) in [4.78, 5) is 0. The number of aromatic nitrogens is 3.